The summed E-state index contributed by atoms with van der Waals surface area (Å²) in [6.07, 6.45) is 6.88. The van der Waals surface area contributed by atoms with Crippen molar-refractivity contribution in [3.63, 3.8) is 0 Å². The second kappa shape index (κ2) is 6.15. The van der Waals surface area contributed by atoms with Gasteiger partial charge in [-0.1, -0.05) is 0 Å². The van der Waals surface area contributed by atoms with E-state index in [0.717, 1.165) is 46.6 Å². The smallest absolute Gasteiger partial charge is 0.164 e. The van der Waals surface area contributed by atoms with Crippen LogP contribution >= 0.6 is 0 Å². The number of aromatic amines is 1. The first-order valence-corrected chi connectivity index (χ1v) is 9.11. The number of fused-ring (bicyclic) bond motifs is 2. The summed E-state index contributed by atoms with van der Waals surface area (Å²) >= 11 is 0. The van der Waals surface area contributed by atoms with E-state index in [0.29, 0.717) is 12.4 Å². The summed E-state index contributed by atoms with van der Waals surface area (Å²) in [6, 6.07) is 3.82. The van der Waals surface area contributed by atoms with Crippen molar-refractivity contribution in [1.29, 1.82) is 0 Å². The normalized spacial score (nSPS) is 13.3. The molecule has 0 amide bonds. The molecule has 4 aromatic rings. The van der Waals surface area contributed by atoms with Gasteiger partial charge in [-0.25, -0.2) is 9.97 Å². The molecule has 8 nitrogen and oxygen atoms in total. The summed E-state index contributed by atoms with van der Waals surface area (Å²) in [4.78, 5) is 13.6. The molecule has 136 valence electrons. The molecule has 1 aliphatic carbocycles. The molecule has 4 aromatic heterocycles. The summed E-state index contributed by atoms with van der Waals surface area (Å²) in [5, 5.41) is 16.6. The summed E-state index contributed by atoms with van der Waals surface area (Å²) in [7, 11) is 1.91. The Morgan fingerprint density at radius 2 is 2.04 bits per heavy atom. The van der Waals surface area contributed by atoms with Crippen LogP contribution in [0.4, 0.5) is 5.82 Å². The van der Waals surface area contributed by atoms with Crippen molar-refractivity contribution in [1.82, 2.24) is 34.9 Å². The SMILES string of the molecule is Cc1nn(C)c2nc(-c3ccncc3)nc(NCc3n[nH]c4c3CCC4)c12. The molecule has 8 heteroatoms. The zero-order valence-electron chi connectivity index (χ0n) is 15.3. The molecule has 1 aliphatic rings. The predicted octanol–water partition coefficient (Wildman–Crippen LogP) is 2.56. The van der Waals surface area contributed by atoms with Crippen LogP contribution in [0.2, 0.25) is 0 Å². The number of rotatable bonds is 4. The molecule has 0 aliphatic heterocycles. The van der Waals surface area contributed by atoms with Crippen molar-refractivity contribution < 1.29 is 0 Å². The molecule has 0 bridgehead atoms. The molecule has 2 N–H and O–H groups in total. The molecule has 4 heterocycles. The van der Waals surface area contributed by atoms with Crippen molar-refractivity contribution in [2.24, 2.45) is 7.05 Å². The van der Waals surface area contributed by atoms with Crippen LogP contribution in [-0.2, 0) is 26.4 Å². The largest absolute Gasteiger partial charge is 0.364 e. The molecule has 0 aromatic carbocycles. The standard InChI is InChI=1S/C19H20N8/c1-11-16-18(21-10-15-13-4-3-5-14(13)24-25-15)22-17(12-6-8-20-9-7-12)23-19(16)27(2)26-11/h6-9H,3-5,10H2,1-2H3,(H,24,25)(H,21,22,23). The third-order valence-corrected chi connectivity index (χ3v) is 5.11. The lowest BCUT2D eigenvalue weighted by atomic mass is 10.2. The lowest BCUT2D eigenvalue weighted by molar-refractivity contribution is 0.773. The van der Waals surface area contributed by atoms with Crippen LogP contribution in [-0.4, -0.2) is 34.9 Å². The van der Waals surface area contributed by atoms with Gasteiger partial charge in [0.05, 0.1) is 23.3 Å². The fourth-order valence-electron chi connectivity index (χ4n) is 3.80. The van der Waals surface area contributed by atoms with Crippen molar-refractivity contribution in [3.05, 3.63) is 47.2 Å². The average Bonchev–Trinajstić information content (AvgIpc) is 3.37. The summed E-state index contributed by atoms with van der Waals surface area (Å²) < 4.78 is 1.80. The van der Waals surface area contributed by atoms with E-state index in [1.165, 1.54) is 17.7 Å². The average molecular weight is 360 g/mol. The topological polar surface area (TPSA) is 97.2 Å². The molecule has 0 saturated heterocycles. The van der Waals surface area contributed by atoms with Crippen LogP contribution in [0, 0.1) is 6.92 Å². The maximum Gasteiger partial charge on any atom is 0.164 e. The Bertz CT molecular complexity index is 1130. The van der Waals surface area contributed by atoms with E-state index in [1.807, 2.05) is 26.1 Å². The second-order valence-corrected chi connectivity index (χ2v) is 6.87. The highest BCUT2D eigenvalue weighted by molar-refractivity contribution is 5.90. The molecule has 0 radical (unpaired) electrons. The van der Waals surface area contributed by atoms with E-state index in [4.69, 9.17) is 9.97 Å². The first-order valence-electron chi connectivity index (χ1n) is 9.11. The fourth-order valence-corrected chi connectivity index (χ4v) is 3.80. The number of hydrogen-bond donors (Lipinski definition) is 2. The number of pyridine rings is 1. The molecule has 0 unspecified atom stereocenters. The van der Waals surface area contributed by atoms with Crippen molar-refractivity contribution in [2.75, 3.05) is 5.32 Å². The quantitative estimate of drug-likeness (QED) is 0.580. The van der Waals surface area contributed by atoms with Crippen molar-refractivity contribution >= 4 is 16.9 Å². The van der Waals surface area contributed by atoms with Crippen LogP contribution in [0.1, 0.15) is 29.1 Å². The second-order valence-electron chi connectivity index (χ2n) is 6.87. The number of nitrogens with one attached hydrogen (secondary N) is 2. The van der Waals surface area contributed by atoms with Gasteiger partial charge in [-0.05, 0) is 43.9 Å². The van der Waals surface area contributed by atoms with Gasteiger partial charge >= 0.3 is 0 Å². The maximum atomic E-state index is 4.80. The predicted molar refractivity (Wildman–Crippen MR) is 102 cm³/mol. The first-order chi connectivity index (χ1) is 13.2. The number of nitrogens with zero attached hydrogens (tertiary/aromatic N) is 6. The van der Waals surface area contributed by atoms with Gasteiger partial charge in [-0.2, -0.15) is 10.2 Å². The van der Waals surface area contributed by atoms with Gasteiger partial charge in [0.2, 0.25) is 0 Å². The van der Waals surface area contributed by atoms with Gasteiger partial charge < -0.3 is 5.32 Å². The summed E-state index contributed by atoms with van der Waals surface area (Å²) in [5.41, 5.74) is 6.34. The van der Waals surface area contributed by atoms with Gasteiger partial charge in [0.25, 0.3) is 0 Å². The Morgan fingerprint density at radius 1 is 1.19 bits per heavy atom. The van der Waals surface area contributed by atoms with Gasteiger partial charge in [0, 0.05) is 30.7 Å². The van der Waals surface area contributed by atoms with Gasteiger partial charge in [0.15, 0.2) is 11.5 Å². The minimum atomic E-state index is 0.627. The number of hydrogen-bond acceptors (Lipinski definition) is 6. The molecule has 0 atom stereocenters. The number of H-pyrrole nitrogens is 1. The Kier molecular flexibility index (Phi) is 3.63. The lowest BCUT2D eigenvalue weighted by Crippen LogP contribution is -2.06. The number of anilines is 1. The van der Waals surface area contributed by atoms with Crippen molar-refractivity contribution in [2.45, 2.75) is 32.7 Å². The third-order valence-electron chi connectivity index (χ3n) is 5.11. The highest BCUT2D eigenvalue weighted by Gasteiger charge is 2.20. The van der Waals surface area contributed by atoms with Crippen LogP contribution in [0.5, 0.6) is 0 Å². The van der Waals surface area contributed by atoms with E-state index in [-0.39, 0.29) is 0 Å². The number of aryl methyl sites for hydroxylation is 3. The Morgan fingerprint density at radius 3 is 2.89 bits per heavy atom. The van der Waals surface area contributed by atoms with Crippen LogP contribution in [0.3, 0.4) is 0 Å². The summed E-state index contributed by atoms with van der Waals surface area (Å²) in [6.45, 7) is 2.61. The zero-order valence-corrected chi connectivity index (χ0v) is 15.3. The monoisotopic (exact) mass is 360 g/mol. The third kappa shape index (κ3) is 2.64. The Labute approximate surface area is 156 Å². The zero-order chi connectivity index (χ0) is 18.4. The lowest BCUT2D eigenvalue weighted by Gasteiger charge is -2.09. The molecule has 5 rings (SSSR count). The Hall–Kier alpha value is -3.29. The van der Waals surface area contributed by atoms with Crippen LogP contribution in [0.15, 0.2) is 24.5 Å². The Balaban J connectivity index is 1.57. The van der Waals surface area contributed by atoms with Crippen LogP contribution in [0.25, 0.3) is 22.4 Å². The fraction of sp³-hybridized carbons (Fsp3) is 0.316. The van der Waals surface area contributed by atoms with E-state index >= 15 is 0 Å². The minimum Gasteiger partial charge on any atom is -0.364 e. The van der Waals surface area contributed by atoms with E-state index in [1.54, 1.807) is 17.1 Å². The first kappa shape index (κ1) is 15.9. The van der Waals surface area contributed by atoms with Crippen LogP contribution < -0.4 is 5.32 Å². The molecule has 0 fully saturated rings. The van der Waals surface area contributed by atoms with Gasteiger partial charge in [-0.3, -0.25) is 14.8 Å². The molecule has 0 saturated carbocycles. The minimum absolute atomic E-state index is 0.627. The number of aromatic nitrogens is 7. The highest BCUT2D eigenvalue weighted by atomic mass is 15.3. The van der Waals surface area contributed by atoms with Gasteiger partial charge in [0.1, 0.15) is 5.82 Å². The maximum absolute atomic E-state index is 4.80. The summed E-state index contributed by atoms with van der Waals surface area (Å²) in [5.74, 6) is 1.44. The molecular weight excluding hydrogens is 340 g/mol. The van der Waals surface area contributed by atoms with E-state index in [9.17, 15) is 0 Å². The molecule has 0 spiro atoms. The molecule has 27 heavy (non-hydrogen) atoms. The van der Waals surface area contributed by atoms with E-state index < -0.39 is 0 Å². The van der Waals surface area contributed by atoms with Gasteiger partial charge in [-0.15, -0.1) is 0 Å². The highest BCUT2D eigenvalue weighted by Crippen LogP contribution is 2.28. The van der Waals surface area contributed by atoms with E-state index in [2.05, 4.69) is 25.6 Å². The molecular formula is C19H20N8. The van der Waals surface area contributed by atoms with Crippen molar-refractivity contribution in [3.8, 4) is 11.4 Å².